The molecule has 0 aliphatic carbocycles. The standard InChI is InChI=1S/C13H14O4/c1-2-4-8(5-3-1)6-14-10-9-7-15-13(16-9)12-11(10)17-12/h1-5,9-13H,6-7H2/t9-,10-,11-,12-,13-/m0/s1. The molecule has 3 aliphatic heterocycles. The van der Waals surface area contributed by atoms with E-state index in [1.807, 2.05) is 18.2 Å². The summed E-state index contributed by atoms with van der Waals surface area (Å²) in [7, 11) is 0. The van der Waals surface area contributed by atoms with Gasteiger partial charge in [-0.15, -0.1) is 0 Å². The Morgan fingerprint density at radius 1 is 1.12 bits per heavy atom. The molecule has 2 bridgehead atoms. The van der Waals surface area contributed by atoms with Gasteiger partial charge in [0.15, 0.2) is 6.29 Å². The van der Waals surface area contributed by atoms with Gasteiger partial charge in [0.05, 0.1) is 13.2 Å². The molecule has 3 saturated heterocycles. The van der Waals surface area contributed by atoms with Gasteiger partial charge in [-0.2, -0.15) is 0 Å². The van der Waals surface area contributed by atoms with Crippen LogP contribution in [-0.2, 0) is 25.6 Å². The summed E-state index contributed by atoms with van der Waals surface area (Å²) in [4.78, 5) is 0. The van der Waals surface area contributed by atoms with E-state index in [0.717, 1.165) is 0 Å². The minimum absolute atomic E-state index is 0.0129. The maximum atomic E-state index is 5.92. The molecule has 3 fully saturated rings. The van der Waals surface area contributed by atoms with Gasteiger partial charge in [0.2, 0.25) is 0 Å². The molecule has 3 heterocycles. The van der Waals surface area contributed by atoms with Crippen LogP contribution < -0.4 is 0 Å². The maximum absolute atomic E-state index is 5.92. The molecule has 0 saturated carbocycles. The third-order valence-corrected chi connectivity index (χ3v) is 3.54. The van der Waals surface area contributed by atoms with Crippen LogP contribution in [0.15, 0.2) is 30.3 Å². The van der Waals surface area contributed by atoms with Crippen molar-refractivity contribution in [1.82, 2.24) is 0 Å². The van der Waals surface area contributed by atoms with E-state index in [9.17, 15) is 0 Å². The Morgan fingerprint density at radius 3 is 2.88 bits per heavy atom. The number of ether oxygens (including phenoxy) is 4. The maximum Gasteiger partial charge on any atom is 0.187 e. The van der Waals surface area contributed by atoms with E-state index in [1.54, 1.807) is 0 Å². The van der Waals surface area contributed by atoms with E-state index in [2.05, 4.69) is 12.1 Å². The fourth-order valence-electron chi connectivity index (χ4n) is 2.58. The Bertz CT molecular complexity index is 407. The van der Waals surface area contributed by atoms with E-state index >= 15 is 0 Å². The fourth-order valence-corrected chi connectivity index (χ4v) is 2.58. The molecule has 0 amide bonds. The number of rotatable bonds is 3. The van der Waals surface area contributed by atoms with E-state index in [4.69, 9.17) is 18.9 Å². The first-order valence-corrected chi connectivity index (χ1v) is 6.00. The number of hydrogen-bond acceptors (Lipinski definition) is 4. The second kappa shape index (κ2) is 3.78. The van der Waals surface area contributed by atoms with Crippen LogP contribution in [0.5, 0.6) is 0 Å². The van der Waals surface area contributed by atoms with Crippen LogP contribution in [0.2, 0.25) is 0 Å². The van der Waals surface area contributed by atoms with Crippen molar-refractivity contribution in [2.45, 2.75) is 37.3 Å². The average Bonchev–Trinajstić information content (AvgIpc) is 3.05. The normalized spacial score (nSPS) is 42.2. The van der Waals surface area contributed by atoms with Crippen molar-refractivity contribution in [3.05, 3.63) is 35.9 Å². The summed E-state index contributed by atoms with van der Waals surface area (Å²) >= 11 is 0. The fraction of sp³-hybridized carbons (Fsp3) is 0.538. The molecular weight excluding hydrogens is 220 g/mol. The zero-order valence-electron chi connectivity index (χ0n) is 9.32. The molecule has 17 heavy (non-hydrogen) atoms. The van der Waals surface area contributed by atoms with Crippen molar-refractivity contribution >= 4 is 0 Å². The third kappa shape index (κ3) is 1.68. The highest BCUT2D eigenvalue weighted by atomic mass is 16.8. The minimum atomic E-state index is -0.151. The van der Waals surface area contributed by atoms with Crippen LogP contribution in [0.25, 0.3) is 0 Å². The molecule has 4 nitrogen and oxygen atoms in total. The summed E-state index contributed by atoms with van der Waals surface area (Å²) in [5.74, 6) is 0. The lowest BCUT2D eigenvalue weighted by Gasteiger charge is -2.24. The number of benzene rings is 1. The summed E-state index contributed by atoms with van der Waals surface area (Å²) in [6.45, 7) is 1.23. The van der Waals surface area contributed by atoms with Crippen LogP contribution >= 0.6 is 0 Å². The lowest BCUT2D eigenvalue weighted by atomic mass is 10.1. The summed E-state index contributed by atoms with van der Waals surface area (Å²) in [5.41, 5.74) is 1.17. The van der Waals surface area contributed by atoms with E-state index in [1.165, 1.54) is 5.56 Å². The lowest BCUT2D eigenvalue weighted by Crippen LogP contribution is -2.41. The molecule has 1 aromatic rings. The van der Waals surface area contributed by atoms with Gasteiger partial charge in [-0.25, -0.2) is 0 Å². The Hall–Kier alpha value is -0.940. The Labute approximate surface area is 99.4 Å². The predicted molar refractivity (Wildman–Crippen MR) is 58.3 cm³/mol. The van der Waals surface area contributed by atoms with Crippen LogP contribution in [0, 0.1) is 0 Å². The summed E-state index contributed by atoms with van der Waals surface area (Å²) < 4.78 is 22.6. The summed E-state index contributed by atoms with van der Waals surface area (Å²) in [6, 6.07) is 10.1. The average molecular weight is 234 g/mol. The molecular formula is C13H14O4. The molecule has 0 N–H and O–H groups in total. The molecule has 1 aromatic carbocycles. The van der Waals surface area contributed by atoms with Crippen molar-refractivity contribution < 1.29 is 18.9 Å². The van der Waals surface area contributed by atoms with Crippen molar-refractivity contribution in [1.29, 1.82) is 0 Å². The quantitative estimate of drug-likeness (QED) is 0.734. The van der Waals surface area contributed by atoms with Crippen molar-refractivity contribution in [3.63, 3.8) is 0 Å². The molecule has 4 rings (SSSR count). The first-order valence-electron chi connectivity index (χ1n) is 6.00. The molecule has 3 aliphatic rings. The molecule has 0 spiro atoms. The SMILES string of the molecule is c1ccc(CO[C@@H]2[C@@H]3O[C@@H]3[C@H]3OC[C@@H]2O3)cc1. The second-order valence-corrected chi connectivity index (χ2v) is 4.70. The summed E-state index contributed by atoms with van der Waals surface area (Å²) in [6.07, 6.45) is 0.160. The van der Waals surface area contributed by atoms with Gasteiger partial charge < -0.3 is 18.9 Å². The lowest BCUT2D eigenvalue weighted by molar-refractivity contribution is -0.121. The highest BCUT2D eigenvalue weighted by Crippen LogP contribution is 2.43. The van der Waals surface area contributed by atoms with E-state index in [-0.39, 0.29) is 30.7 Å². The van der Waals surface area contributed by atoms with Gasteiger partial charge in [-0.1, -0.05) is 30.3 Å². The van der Waals surface area contributed by atoms with Crippen LogP contribution in [0.4, 0.5) is 0 Å². The third-order valence-electron chi connectivity index (χ3n) is 3.54. The van der Waals surface area contributed by atoms with Crippen LogP contribution in [0.1, 0.15) is 5.56 Å². The first-order chi connectivity index (χ1) is 8.42. The number of hydrogen-bond donors (Lipinski definition) is 0. The van der Waals surface area contributed by atoms with Gasteiger partial charge >= 0.3 is 0 Å². The van der Waals surface area contributed by atoms with Gasteiger partial charge in [0.1, 0.15) is 24.4 Å². The Kier molecular flexibility index (Phi) is 2.23. The number of epoxide rings is 1. The molecule has 0 radical (unpaired) electrons. The zero-order chi connectivity index (χ0) is 11.2. The molecule has 4 heteroatoms. The van der Waals surface area contributed by atoms with Crippen molar-refractivity contribution in [2.24, 2.45) is 0 Å². The number of fused-ring (bicyclic) bond motifs is 4. The monoisotopic (exact) mass is 234 g/mol. The van der Waals surface area contributed by atoms with Crippen molar-refractivity contribution in [3.8, 4) is 0 Å². The van der Waals surface area contributed by atoms with Crippen LogP contribution in [-0.4, -0.2) is 37.3 Å². The van der Waals surface area contributed by atoms with Crippen LogP contribution in [0.3, 0.4) is 0 Å². The molecule has 90 valence electrons. The first kappa shape index (κ1) is 10.0. The molecule has 0 unspecified atom stereocenters. The van der Waals surface area contributed by atoms with Gasteiger partial charge in [0, 0.05) is 0 Å². The Morgan fingerprint density at radius 2 is 2.00 bits per heavy atom. The largest absolute Gasteiger partial charge is 0.368 e. The topological polar surface area (TPSA) is 40.2 Å². The smallest absolute Gasteiger partial charge is 0.187 e. The minimum Gasteiger partial charge on any atom is -0.368 e. The second-order valence-electron chi connectivity index (χ2n) is 4.70. The molecule has 5 atom stereocenters. The zero-order valence-corrected chi connectivity index (χ0v) is 9.32. The van der Waals surface area contributed by atoms with Gasteiger partial charge in [-0.3, -0.25) is 0 Å². The molecule has 0 aromatic heterocycles. The summed E-state index contributed by atoms with van der Waals surface area (Å²) in [5, 5.41) is 0. The van der Waals surface area contributed by atoms with E-state index < -0.39 is 0 Å². The highest BCUT2D eigenvalue weighted by Gasteiger charge is 2.62. The van der Waals surface area contributed by atoms with Gasteiger partial charge in [-0.05, 0) is 5.56 Å². The van der Waals surface area contributed by atoms with Crippen molar-refractivity contribution in [2.75, 3.05) is 6.61 Å². The van der Waals surface area contributed by atoms with E-state index in [0.29, 0.717) is 13.2 Å². The Balaban J connectivity index is 1.43. The highest BCUT2D eigenvalue weighted by molar-refractivity contribution is 5.14. The predicted octanol–water partition coefficient (Wildman–Crippen LogP) is 1.09. The van der Waals surface area contributed by atoms with Gasteiger partial charge in [0.25, 0.3) is 0 Å².